The van der Waals surface area contributed by atoms with Crippen LogP contribution in [0, 0.1) is 5.92 Å². The van der Waals surface area contributed by atoms with Crippen molar-refractivity contribution in [2.75, 3.05) is 6.54 Å². The minimum Gasteiger partial charge on any atom is -0.508 e. The van der Waals surface area contributed by atoms with Gasteiger partial charge in [0.05, 0.1) is 12.5 Å². The zero-order valence-corrected chi connectivity index (χ0v) is 21.7. The quantitative estimate of drug-likeness (QED) is 0.118. The summed E-state index contributed by atoms with van der Waals surface area (Å²) < 4.78 is 0. The molecule has 0 saturated heterocycles. The Labute approximate surface area is 221 Å². The van der Waals surface area contributed by atoms with Crippen molar-refractivity contribution in [2.45, 2.75) is 76.5 Å². The Morgan fingerprint density at radius 2 is 1.47 bits per heavy atom. The summed E-state index contributed by atoms with van der Waals surface area (Å²) in [6.07, 6.45) is 1.08. The van der Waals surface area contributed by atoms with E-state index < -0.39 is 66.2 Å². The number of carboxylic acids is 2. The smallest absolute Gasteiger partial charge is 0.326 e. The number of carbonyl (C=O) groups is 5. The summed E-state index contributed by atoms with van der Waals surface area (Å²) >= 11 is 0. The lowest BCUT2D eigenvalue weighted by Crippen LogP contribution is -2.58. The van der Waals surface area contributed by atoms with Gasteiger partial charge in [-0.1, -0.05) is 38.8 Å². The van der Waals surface area contributed by atoms with Crippen molar-refractivity contribution in [1.82, 2.24) is 16.0 Å². The lowest BCUT2D eigenvalue weighted by atomic mass is 9.98. The molecule has 13 nitrogen and oxygen atoms in total. The van der Waals surface area contributed by atoms with E-state index in [1.54, 1.807) is 13.8 Å². The maximum atomic E-state index is 13.1. The summed E-state index contributed by atoms with van der Waals surface area (Å²) in [5, 5.41) is 35.6. The van der Waals surface area contributed by atoms with E-state index in [0.29, 0.717) is 31.4 Å². The van der Waals surface area contributed by atoms with Crippen LogP contribution in [0.4, 0.5) is 0 Å². The largest absolute Gasteiger partial charge is 0.508 e. The van der Waals surface area contributed by atoms with E-state index in [4.69, 9.17) is 11.5 Å². The molecule has 0 radical (unpaired) electrons. The van der Waals surface area contributed by atoms with E-state index >= 15 is 0 Å². The number of carbonyl (C=O) groups excluding carboxylic acids is 3. The Hall–Kier alpha value is -3.71. The van der Waals surface area contributed by atoms with Crippen LogP contribution in [-0.4, -0.2) is 75.7 Å². The minimum absolute atomic E-state index is 0.0199. The number of aromatic hydroxyl groups is 1. The summed E-state index contributed by atoms with van der Waals surface area (Å²) in [6, 6.07) is 0.714. The molecule has 13 heteroatoms. The first-order chi connectivity index (χ1) is 17.9. The number of amides is 3. The van der Waals surface area contributed by atoms with Gasteiger partial charge in [-0.05, 0) is 43.0 Å². The predicted octanol–water partition coefficient (Wildman–Crippen LogP) is -0.549. The van der Waals surface area contributed by atoms with Gasteiger partial charge in [-0.15, -0.1) is 0 Å². The zero-order valence-electron chi connectivity index (χ0n) is 21.7. The number of hydrogen-bond acceptors (Lipinski definition) is 8. The molecule has 1 aromatic rings. The number of phenolic OH excluding ortho intramolecular Hbond substituents is 1. The molecule has 0 aliphatic heterocycles. The standard InChI is InChI=1S/C25H39N5O8/c1-3-14(2)21(25(37)38)30-24(36)18(12-15-7-9-16(31)10-8-15)29-23(35)19(13-20(32)33)28-22(34)17(27)6-4-5-11-26/h7-10,14,17-19,21,31H,3-6,11-13,26-27H2,1-2H3,(H,28,34)(H,29,35)(H,30,36)(H,32,33)(H,37,38). The average molecular weight is 538 g/mol. The summed E-state index contributed by atoms with van der Waals surface area (Å²) in [7, 11) is 0. The second-order valence-electron chi connectivity index (χ2n) is 9.19. The normalized spacial score (nSPS) is 14.8. The summed E-state index contributed by atoms with van der Waals surface area (Å²) in [6.45, 7) is 3.84. The Balaban J connectivity index is 3.14. The van der Waals surface area contributed by atoms with Gasteiger partial charge in [-0.3, -0.25) is 19.2 Å². The maximum Gasteiger partial charge on any atom is 0.326 e. The third-order valence-corrected chi connectivity index (χ3v) is 6.10. The van der Waals surface area contributed by atoms with Crippen LogP contribution in [0.5, 0.6) is 5.75 Å². The molecule has 0 bridgehead atoms. The molecule has 10 N–H and O–H groups in total. The van der Waals surface area contributed by atoms with Crippen LogP contribution < -0.4 is 27.4 Å². The summed E-state index contributed by atoms with van der Waals surface area (Å²) in [5.41, 5.74) is 11.8. The predicted molar refractivity (Wildman–Crippen MR) is 138 cm³/mol. The van der Waals surface area contributed by atoms with Gasteiger partial charge in [-0.25, -0.2) is 4.79 Å². The number of hydrogen-bond donors (Lipinski definition) is 8. The first-order valence-corrected chi connectivity index (χ1v) is 12.5. The van der Waals surface area contributed by atoms with Crippen LogP contribution in [-0.2, 0) is 30.4 Å². The fourth-order valence-corrected chi connectivity index (χ4v) is 3.59. The molecule has 5 unspecified atom stereocenters. The van der Waals surface area contributed by atoms with Crippen LogP contribution in [0.25, 0.3) is 0 Å². The maximum absolute atomic E-state index is 13.1. The number of unbranched alkanes of at least 4 members (excludes halogenated alkanes) is 1. The van der Waals surface area contributed by atoms with E-state index in [0.717, 1.165) is 0 Å². The number of aliphatic carboxylic acids is 2. The number of nitrogens with one attached hydrogen (secondary N) is 3. The molecular weight excluding hydrogens is 498 g/mol. The molecule has 0 spiro atoms. The van der Waals surface area contributed by atoms with Crippen molar-refractivity contribution in [2.24, 2.45) is 17.4 Å². The molecule has 5 atom stereocenters. The highest BCUT2D eigenvalue weighted by molar-refractivity contribution is 5.95. The topological polar surface area (TPSA) is 234 Å². The van der Waals surface area contributed by atoms with Gasteiger partial charge in [0.1, 0.15) is 23.9 Å². The van der Waals surface area contributed by atoms with E-state index in [-0.39, 0.29) is 18.6 Å². The van der Waals surface area contributed by atoms with E-state index in [2.05, 4.69) is 16.0 Å². The van der Waals surface area contributed by atoms with Gasteiger partial charge in [0.2, 0.25) is 17.7 Å². The fourth-order valence-electron chi connectivity index (χ4n) is 3.59. The van der Waals surface area contributed by atoms with Crippen molar-refractivity contribution >= 4 is 29.7 Å². The van der Waals surface area contributed by atoms with Crippen LogP contribution in [0.3, 0.4) is 0 Å². The van der Waals surface area contributed by atoms with Crippen LogP contribution >= 0.6 is 0 Å². The van der Waals surface area contributed by atoms with Gasteiger partial charge in [0.25, 0.3) is 0 Å². The first-order valence-electron chi connectivity index (χ1n) is 12.5. The fraction of sp³-hybridized carbons (Fsp3) is 0.560. The Bertz CT molecular complexity index is 956. The third kappa shape index (κ3) is 11.1. The molecule has 0 heterocycles. The zero-order chi connectivity index (χ0) is 28.8. The average Bonchev–Trinajstić information content (AvgIpc) is 2.86. The van der Waals surface area contributed by atoms with Gasteiger partial charge in [-0.2, -0.15) is 0 Å². The minimum atomic E-state index is -1.54. The van der Waals surface area contributed by atoms with Crippen molar-refractivity contribution in [3.63, 3.8) is 0 Å². The second kappa shape index (κ2) is 16.2. The molecule has 212 valence electrons. The van der Waals surface area contributed by atoms with Gasteiger partial charge in [0.15, 0.2) is 0 Å². The Kier molecular flexibility index (Phi) is 13.8. The molecule has 3 amide bonds. The van der Waals surface area contributed by atoms with Crippen molar-refractivity contribution in [1.29, 1.82) is 0 Å². The van der Waals surface area contributed by atoms with Crippen LogP contribution in [0.1, 0.15) is 51.5 Å². The molecule has 1 rings (SSSR count). The molecule has 0 aliphatic carbocycles. The number of benzene rings is 1. The number of nitrogens with two attached hydrogens (primary N) is 2. The van der Waals surface area contributed by atoms with E-state index in [9.17, 15) is 39.3 Å². The number of rotatable bonds is 17. The van der Waals surface area contributed by atoms with E-state index in [1.807, 2.05) is 0 Å². The summed E-state index contributed by atoms with van der Waals surface area (Å²) in [4.78, 5) is 61.8. The molecule has 1 aromatic carbocycles. The molecule has 0 aromatic heterocycles. The van der Waals surface area contributed by atoms with Crippen molar-refractivity contribution in [3.8, 4) is 5.75 Å². The Morgan fingerprint density at radius 3 is 2.00 bits per heavy atom. The SMILES string of the molecule is CCC(C)C(NC(=O)C(Cc1ccc(O)cc1)NC(=O)C(CC(=O)O)NC(=O)C(N)CCCCN)C(=O)O. The van der Waals surface area contributed by atoms with Gasteiger partial charge < -0.3 is 42.7 Å². The lowest BCUT2D eigenvalue weighted by molar-refractivity contribution is -0.144. The summed E-state index contributed by atoms with van der Waals surface area (Å²) in [5.74, 6) is -5.55. The van der Waals surface area contributed by atoms with Crippen molar-refractivity contribution in [3.05, 3.63) is 29.8 Å². The van der Waals surface area contributed by atoms with Crippen LogP contribution in [0.15, 0.2) is 24.3 Å². The van der Waals surface area contributed by atoms with E-state index in [1.165, 1.54) is 24.3 Å². The highest BCUT2D eigenvalue weighted by atomic mass is 16.4. The Morgan fingerprint density at radius 1 is 0.895 bits per heavy atom. The lowest BCUT2D eigenvalue weighted by Gasteiger charge is -2.26. The molecule has 0 saturated carbocycles. The molecular formula is C25H39N5O8. The molecule has 0 fully saturated rings. The monoisotopic (exact) mass is 537 g/mol. The molecule has 38 heavy (non-hydrogen) atoms. The van der Waals surface area contributed by atoms with Crippen LogP contribution in [0.2, 0.25) is 0 Å². The van der Waals surface area contributed by atoms with Gasteiger partial charge in [0, 0.05) is 6.42 Å². The number of carboxylic acid groups (broad SMARTS) is 2. The highest BCUT2D eigenvalue weighted by Crippen LogP contribution is 2.13. The van der Waals surface area contributed by atoms with Gasteiger partial charge >= 0.3 is 11.9 Å². The third-order valence-electron chi connectivity index (χ3n) is 6.10. The number of phenols is 1. The second-order valence-corrected chi connectivity index (χ2v) is 9.19. The first kappa shape index (κ1) is 32.3. The molecule has 0 aliphatic rings. The van der Waals surface area contributed by atoms with Crippen molar-refractivity contribution < 1.29 is 39.3 Å². The highest BCUT2D eigenvalue weighted by Gasteiger charge is 2.32.